The molecule has 2 aromatic rings. The highest BCUT2D eigenvalue weighted by Crippen LogP contribution is 2.30. The molecule has 0 fully saturated rings. The average molecular weight is 242 g/mol. The molecule has 62 valence electrons. The molecule has 0 radical (unpaired) electrons. The summed E-state index contributed by atoms with van der Waals surface area (Å²) in [5.74, 6) is 0. The van der Waals surface area contributed by atoms with Crippen molar-refractivity contribution in [2.45, 2.75) is 13.8 Å². The van der Waals surface area contributed by atoms with Gasteiger partial charge in [-0.1, -0.05) is 0 Å². The van der Waals surface area contributed by atoms with Gasteiger partial charge in [-0.05, 0) is 47.5 Å². The highest BCUT2D eigenvalue weighted by atomic mass is 79.9. The Labute approximate surface area is 83.6 Å². The molecule has 0 aliphatic heterocycles. The molecule has 0 N–H and O–H groups in total. The number of fused-ring (bicyclic) bond motifs is 1. The molecule has 0 atom stereocenters. The summed E-state index contributed by atoms with van der Waals surface area (Å²) in [6.45, 7) is 4.12. The van der Waals surface area contributed by atoms with Crippen LogP contribution in [0.25, 0.3) is 10.2 Å². The average Bonchev–Trinajstić information content (AvgIpc) is 2.29. The van der Waals surface area contributed by atoms with Crippen LogP contribution in [0.5, 0.6) is 0 Å². The van der Waals surface area contributed by atoms with E-state index in [9.17, 15) is 0 Å². The first kappa shape index (κ1) is 8.20. The van der Waals surface area contributed by atoms with E-state index < -0.39 is 0 Å². The predicted octanol–water partition coefficient (Wildman–Crippen LogP) is 3.68. The van der Waals surface area contributed by atoms with Crippen molar-refractivity contribution in [3.63, 3.8) is 0 Å². The lowest BCUT2D eigenvalue weighted by Crippen LogP contribution is -1.74. The number of aromatic nitrogens is 1. The van der Waals surface area contributed by atoms with Crippen LogP contribution in [0.2, 0.25) is 0 Å². The van der Waals surface area contributed by atoms with E-state index in [0.29, 0.717) is 0 Å². The summed E-state index contributed by atoms with van der Waals surface area (Å²) < 4.78 is 2.40. The molecule has 0 bridgehead atoms. The molecule has 1 aromatic carbocycles. The van der Waals surface area contributed by atoms with Gasteiger partial charge in [0.05, 0.1) is 15.2 Å². The maximum absolute atomic E-state index is 4.42. The van der Waals surface area contributed by atoms with Gasteiger partial charge in [-0.3, -0.25) is 0 Å². The van der Waals surface area contributed by atoms with Gasteiger partial charge in [0, 0.05) is 4.47 Å². The number of aryl methyl sites for hydroxylation is 2. The molecule has 0 spiro atoms. The number of halogens is 1. The molecule has 0 saturated heterocycles. The largest absolute Gasteiger partial charge is 0.241 e. The SMILES string of the molecule is Cc1cc(Br)c2sc(C)nc2c1. The Hall–Kier alpha value is -0.410. The lowest BCUT2D eigenvalue weighted by Gasteiger charge is -1.94. The Morgan fingerprint density at radius 1 is 1.33 bits per heavy atom. The van der Waals surface area contributed by atoms with Gasteiger partial charge >= 0.3 is 0 Å². The number of thiazole rings is 1. The molecular weight excluding hydrogens is 234 g/mol. The van der Waals surface area contributed by atoms with Crippen LogP contribution in [-0.4, -0.2) is 4.98 Å². The molecule has 1 aromatic heterocycles. The summed E-state index contributed by atoms with van der Waals surface area (Å²) in [5.41, 5.74) is 2.35. The molecule has 0 saturated carbocycles. The lowest BCUT2D eigenvalue weighted by molar-refractivity contribution is 1.34. The summed E-state index contributed by atoms with van der Waals surface area (Å²) >= 11 is 5.26. The molecule has 0 aliphatic carbocycles. The van der Waals surface area contributed by atoms with Crippen LogP contribution >= 0.6 is 27.3 Å². The van der Waals surface area contributed by atoms with Crippen molar-refractivity contribution in [2.75, 3.05) is 0 Å². The fourth-order valence-electron chi connectivity index (χ4n) is 1.23. The molecule has 3 heteroatoms. The first-order valence-corrected chi connectivity index (χ1v) is 5.31. The Morgan fingerprint density at radius 3 is 2.83 bits per heavy atom. The van der Waals surface area contributed by atoms with Crippen LogP contribution in [0.4, 0.5) is 0 Å². The van der Waals surface area contributed by atoms with Gasteiger partial charge in [0.15, 0.2) is 0 Å². The van der Waals surface area contributed by atoms with Crippen LogP contribution in [0.15, 0.2) is 16.6 Å². The first-order valence-electron chi connectivity index (χ1n) is 3.70. The summed E-state index contributed by atoms with van der Waals surface area (Å²) in [7, 11) is 0. The Balaban J connectivity index is 2.88. The standard InChI is InChI=1S/C9H8BrNS/c1-5-3-7(10)9-8(4-5)11-6(2)12-9/h3-4H,1-2H3. The topological polar surface area (TPSA) is 12.9 Å². The second-order valence-corrected chi connectivity index (χ2v) is 4.89. The van der Waals surface area contributed by atoms with Crippen molar-refractivity contribution in [3.05, 3.63) is 27.2 Å². The van der Waals surface area contributed by atoms with Crippen molar-refractivity contribution in [3.8, 4) is 0 Å². The maximum Gasteiger partial charge on any atom is 0.0908 e. The van der Waals surface area contributed by atoms with Gasteiger partial charge in [0.25, 0.3) is 0 Å². The summed E-state index contributed by atoms with van der Waals surface area (Å²) in [5, 5.41) is 1.12. The number of nitrogens with zero attached hydrogens (tertiary/aromatic N) is 1. The highest BCUT2D eigenvalue weighted by Gasteiger charge is 2.04. The van der Waals surface area contributed by atoms with E-state index in [4.69, 9.17) is 0 Å². The van der Waals surface area contributed by atoms with E-state index >= 15 is 0 Å². The third kappa shape index (κ3) is 1.27. The Bertz CT molecular complexity index is 433. The van der Waals surface area contributed by atoms with Gasteiger partial charge in [-0.25, -0.2) is 4.98 Å². The van der Waals surface area contributed by atoms with E-state index in [1.165, 1.54) is 10.3 Å². The normalized spacial score (nSPS) is 10.9. The van der Waals surface area contributed by atoms with Gasteiger partial charge < -0.3 is 0 Å². The van der Waals surface area contributed by atoms with Crippen LogP contribution in [-0.2, 0) is 0 Å². The van der Waals surface area contributed by atoms with E-state index in [2.05, 4.69) is 40.0 Å². The van der Waals surface area contributed by atoms with Gasteiger partial charge in [-0.2, -0.15) is 0 Å². The molecule has 0 unspecified atom stereocenters. The van der Waals surface area contributed by atoms with Crippen molar-refractivity contribution in [1.29, 1.82) is 0 Å². The van der Waals surface area contributed by atoms with E-state index in [-0.39, 0.29) is 0 Å². The van der Waals surface area contributed by atoms with Crippen LogP contribution in [0.3, 0.4) is 0 Å². The fourth-order valence-corrected chi connectivity index (χ4v) is 2.85. The minimum Gasteiger partial charge on any atom is -0.241 e. The summed E-state index contributed by atoms with van der Waals surface area (Å²) in [4.78, 5) is 4.42. The zero-order valence-corrected chi connectivity index (χ0v) is 9.29. The molecule has 0 aliphatic rings. The molecule has 1 heterocycles. The highest BCUT2D eigenvalue weighted by molar-refractivity contribution is 9.10. The zero-order valence-electron chi connectivity index (χ0n) is 6.89. The first-order chi connectivity index (χ1) is 5.66. The number of benzene rings is 1. The second-order valence-electron chi connectivity index (χ2n) is 2.83. The molecule has 12 heavy (non-hydrogen) atoms. The molecular formula is C9H8BrNS. The van der Waals surface area contributed by atoms with Crippen LogP contribution in [0, 0.1) is 13.8 Å². The maximum atomic E-state index is 4.42. The van der Waals surface area contributed by atoms with Crippen molar-refractivity contribution < 1.29 is 0 Å². The number of hydrogen-bond donors (Lipinski definition) is 0. The third-order valence-electron chi connectivity index (χ3n) is 1.70. The number of hydrogen-bond acceptors (Lipinski definition) is 2. The van der Waals surface area contributed by atoms with E-state index in [0.717, 1.165) is 15.0 Å². The van der Waals surface area contributed by atoms with E-state index in [1.807, 2.05) is 6.92 Å². The van der Waals surface area contributed by atoms with Gasteiger partial charge in [-0.15, -0.1) is 11.3 Å². The predicted molar refractivity (Wildman–Crippen MR) is 56.8 cm³/mol. The monoisotopic (exact) mass is 241 g/mol. The molecule has 0 amide bonds. The lowest BCUT2D eigenvalue weighted by atomic mass is 10.2. The van der Waals surface area contributed by atoms with Crippen LogP contribution < -0.4 is 0 Å². The summed E-state index contributed by atoms with van der Waals surface area (Å²) in [6.07, 6.45) is 0. The van der Waals surface area contributed by atoms with Crippen molar-refractivity contribution >= 4 is 37.5 Å². The van der Waals surface area contributed by atoms with Gasteiger partial charge in [0.2, 0.25) is 0 Å². The fraction of sp³-hybridized carbons (Fsp3) is 0.222. The minimum atomic E-state index is 1.10. The minimum absolute atomic E-state index is 1.10. The van der Waals surface area contributed by atoms with Gasteiger partial charge in [0.1, 0.15) is 0 Å². The quantitative estimate of drug-likeness (QED) is 0.686. The second kappa shape index (κ2) is 2.82. The number of rotatable bonds is 0. The van der Waals surface area contributed by atoms with Crippen molar-refractivity contribution in [2.24, 2.45) is 0 Å². The summed E-state index contributed by atoms with van der Waals surface area (Å²) in [6, 6.07) is 4.24. The smallest absolute Gasteiger partial charge is 0.0908 e. The Kier molecular flexibility index (Phi) is 1.93. The third-order valence-corrected chi connectivity index (χ3v) is 3.60. The molecule has 2 rings (SSSR count). The van der Waals surface area contributed by atoms with E-state index in [1.54, 1.807) is 11.3 Å². The zero-order chi connectivity index (χ0) is 8.72. The van der Waals surface area contributed by atoms with Crippen LogP contribution in [0.1, 0.15) is 10.6 Å². The molecule has 1 nitrogen and oxygen atoms in total. The Morgan fingerprint density at radius 2 is 2.08 bits per heavy atom. The van der Waals surface area contributed by atoms with Crippen molar-refractivity contribution in [1.82, 2.24) is 4.98 Å².